The van der Waals surface area contributed by atoms with Gasteiger partial charge in [-0.2, -0.15) is 0 Å². The Labute approximate surface area is 75.3 Å². The summed E-state index contributed by atoms with van der Waals surface area (Å²) in [6.45, 7) is 2.05. The molecule has 13 heavy (non-hydrogen) atoms. The lowest BCUT2D eigenvalue weighted by Gasteiger charge is -2.08. The highest BCUT2D eigenvalue weighted by atomic mass is 19.2. The molecule has 1 aromatic rings. The van der Waals surface area contributed by atoms with Crippen LogP contribution in [0.5, 0.6) is 5.75 Å². The topological polar surface area (TPSA) is 35.2 Å². The number of halogens is 2. The minimum atomic E-state index is -0.915. The van der Waals surface area contributed by atoms with Crippen LogP contribution >= 0.6 is 0 Å². The molecule has 1 aromatic carbocycles. The number of hydrogen-bond acceptors (Lipinski definition) is 2. The van der Waals surface area contributed by atoms with Gasteiger partial charge in [-0.15, -0.1) is 0 Å². The molecular weight excluding hydrogens is 176 g/mol. The van der Waals surface area contributed by atoms with Gasteiger partial charge in [0.2, 0.25) is 0 Å². The third-order valence-corrected chi connectivity index (χ3v) is 1.40. The van der Waals surface area contributed by atoms with Crippen molar-refractivity contribution < 1.29 is 13.5 Å². The third-order valence-electron chi connectivity index (χ3n) is 1.40. The highest BCUT2D eigenvalue weighted by Crippen LogP contribution is 2.15. The van der Waals surface area contributed by atoms with E-state index in [2.05, 4.69) is 0 Å². The fourth-order valence-corrected chi connectivity index (χ4v) is 0.794. The first-order valence-corrected chi connectivity index (χ1v) is 3.93. The van der Waals surface area contributed by atoms with E-state index in [0.717, 1.165) is 12.1 Å². The molecule has 0 aromatic heterocycles. The molecule has 4 heteroatoms. The zero-order valence-corrected chi connectivity index (χ0v) is 7.26. The standard InChI is InChI=1S/C9H11F2NO/c1-6(12)5-13-7-2-3-8(10)9(11)4-7/h2-4,6H,5,12H2,1H3. The van der Waals surface area contributed by atoms with Gasteiger partial charge in [0.1, 0.15) is 12.4 Å². The van der Waals surface area contributed by atoms with Crippen LogP contribution in [0.3, 0.4) is 0 Å². The highest BCUT2D eigenvalue weighted by molar-refractivity contribution is 5.23. The molecule has 0 aliphatic heterocycles. The molecule has 1 atom stereocenters. The molecule has 0 radical (unpaired) electrons. The SMILES string of the molecule is CC(N)COc1ccc(F)c(F)c1. The zero-order valence-electron chi connectivity index (χ0n) is 7.26. The number of benzene rings is 1. The maximum Gasteiger partial charge on any atom is 0.162 e. The van der Waals surface area contributed by atoms with Gasteiger partial charge in [-0.25, -0.2) is 8.78 Å². The Balaban J connectivity index is 2.63. The molecular formula is C9H11F2NO. The van der Waals surface area contributed by atoms with Crippen molar-refractivity contribution in [2.45, 2.75) is 13.0 Å². The second-order valence-corrected chi connectivity index (χ2v) is 2.86. The fraction of sp³-hybridized carbons (Fsp3) is 0.333. The van der Waals surface area contributed by atoms with Gasteiger partial charge < -0.3 is 10.5 Å². The summed E-state index contributed by atoms with van der Waals surface area (Å²) in [6.07, 6.45) is 0. The first-order chi connectivity index (χ1) is 6.09. The molecule has 1 rings (SSSR count). The molecule has 0 aliphatic carbocycles. The Morgan fingerprint density at radius 2 is 2.08 bits per heavy atom. The molecule has 72 valence electrons. The van der Waals surface area contributed by atoms with Gasteiger partial charge in [-0.05, 0) is 19.1 Å². The molecule has 0 bridgehead atoms. The molecule has 0 amide bonds. The summed E-state index contributed by atoms with van der Waals surface area (Å²) >= 11 is 0. The van der Waals surface area contributed by atoms with Crippen LogP contribution in [-0.4, -0.2) is 12.6 Å². The average molecular weight is 187 g/mol. The largest absolute Gasteiger partial charge is 0.492 e. The first kappa shape index (κ1) is 9.92. The molecule has 2 N–H and O–H groups in total. The van der Waals surface area contributed by atoms with Crippen LogP contribution in [-0.2, 0) is 0 Å². The summed E-state index contributed by atoms with van der Waals surface area (Å²) in [6, 6.07) is 3.25. The zero-order chi connectivity index (χ0) is 9.84. The summed E-state index contributed by atoms with van der Waals surface area (Å²) in [5.74, 6) is -1.51. The van der Waals surface area contributed by atoms with Crippen LogP contribution in [0, 0.1) is 11.6 Å². The van der Waals surface area contributed by atoms with Crippen molar-refractivity contribution >= 4 is 0 Å². The van der Waals surface area contributed by atoms with Crippen molar-refractivity contribution in [2.24, 2.45) is 5.73 Å². The summed E-state index contributed by atoms with van der Waals surface area (Å²) in [5, 5.41) is 0. The molecule has 0 aliphatic rings. The van der Waals surface area contributed by atoms with Crippen molar-refractivity contribution in [3.05, 3.63) is 29.8 Å². The van der Waals surface area contributed by atoms with Gasteiger partial charge in [0.15, 0.2) is 11.6 Å². The van der Waals surface area contributed by atoms with Crippen LogP contribution in [0.25, 0.3) is 0 Å². The highest BCUT2D eigenvalue weighted by Gasteiger charge is 2.03. The minimum Gasteiger partial charge on any atom is -0.492 e. The predicted molar refractivity (Wildman–Crippen MR) is 45.5 cm³/mol. The van der Waals surface area contributed by atoms with E-state index >= 15 is 0 Å². The van der Waals surface area contributed by atoms with Crippen molar-refractivity contribution in [2.75, 3.05) is 6.61 Å². The smallest absolute Gasteiger partial charge is 0.162 e. The van der Waals surface area contributed by atoms with Crippen molar-refractivity contribution in [3.63, 3.8) is 0 Å². The lowest BCUT2D eigenvalue weighted by Crippen LogP contribution is -2.23. The van der Waals surface area contributed by atoms with Gasteiger partial charge in [-0.1, -0.05) is 0 Å². The van der Waals surface area contributed by atoms with Crippen LogP contribution in [0.4, 0.5) is 8.78 Å². The molecule has 0 saturated carbocycles. The number of rotatable bonds is 3. The van der Waals surface area contributed by atoms with E-state index in [0.29, 0.717) is 0 Å². The Morgan fingerprint density at radius 1 is 1.38 bits per heavy atom. The summed E-state index contributed by atoms with van der Waals surface area (Å²) in [5.41, 5.74) is 5.42. The minimum absolute atomic E-state index is 0.131. The average Bonchev–Trinajstić information content (AvgIpc) is 2.07. The monoisotopic (exact) mass is 187 g/mol. The van der Waals surface area contributed by atoms with E-state index in [4.69, 9.17) is 10.5 Å². The van der Waals surface area contributed by atoms with E-state index in [1.807, 2.05) is 0 Å². The Bertz CT molecular complexity index is 289. The number of nitrogens with two attached hydrogens (primary N) is 1. The van der Waals surface area contributed by atoms with Crippen LogP contribution < -0.4 is 10.5 Å². The number of ether oxygens (including phenoxy) is 1. The van der Waals surface area contributed by atoms with E-state index in [9.17, 15) is 8.78 Å². The molecule has 1 unspecified atom stereocenters. The van der Waals surface area contributed by atoms with Crippen molar-refractivity contribution in [1.82, 2.24) is 0 Å². The second kappa shape index (κ2) is 4.18. The quantitative estimate of drug-likeness (QED) is 0.781. The van der Waals surface area contributed by atoms with Gasteiger partial charge in [-0.3, -0.25) is 0 Å². The Kier molecular flexibility index (Phi) is 3.19. The molecule has 0 spiro atoms. The second-order valence-electron chi connectivity index (χ2n) is 2.86. The molecule has 0 saturated heterocycles. The number of hydrogen-bond donors (Lipinski definition) is 1. The first-order valence-electron chi connectivity index (χ1n) is 3.93. The molecule has 0 heterocycles. The van der Waals surface area contributed by atoms with Gasteiger partial charge in [0.05, 0.1) is 0 Å². The molecule has 0 fully saturated rings. The van der Waals surface area contributed by atoms with E-state index < -0.39 is 11.6 Å². The van der Waals surface area contributed by atoms with Gasteiger partial charge in [0.25, 0.3) is 0 Å². The molecule has 2 nitrogen and oxygen atoms in total. The van der Waals surface area contributed by atoms with Crippen molar-refractivity contribution in [1.29, 1.82) is 0 Å². The van der Waals surface area contributed by atoms with Gasteiger partial charge >= 0.3 is 0 Å². The van der Waals surface area contributed by atoms with Crippen LogP contribution in [0.15, 0.2) is 18.2 Å². The maximum atomic E-state index is 12.6. The van der Waals surface area contributed by atoms with Crippen LogP contribution in [0.1, 0.15) is 6.92 Å². The Hall–Kier alpha value is -1.16. The van der Waals surface area contributed by atoms with Crippen LogP contribution in [0.2, 0.25) is 0 Å². The van der Waals surface area contributed by atoms with Crippen molar-refractivity contribution in [3.8, 4) is 5.75 Å². The lowest BCUT2D eigenvalue weighted by atomic mass is 10.3. The summed E-state index contributed by atoms with van der Waals surface area (Å²) < 4.78 is 30.1. The fourth-order valence-electron chi connectivity index (χ4n) is 0.794. The Morgan fingerprint density at radius 3 is 2.62 bits per heavy atom. The van der Waals surface area contributed by atoms with Gasteiger partial charge in [0, 0.05) is 12.1 Å². The lowest BCUT2D eigenvalue weighted by molar-refractivity contribution is 0.294. The maximum absolute atomic E-state index is 12.6. The summed E-state index contributed by atoms with van der Waals surface area (Å²) in [7, 11) is 0. The van der Waals surface area contributed by atoms with E-state index in [1.54, 1.807) is 6.92 Å². The predicted octanol–water partition coefficient (Wildman–Crippen LogP) is 1.69. The van der Waals surface area contributed by atoms with E-state index in [1.165, 1.54) is 6.07 Å². The third kappa shape index (κ3) is 2.99. The normalized spacial score (nSPS) is 12.6. The summed E-state index contributed by atoms with van der Waals surface area (Å²) in [4.78, 5) is 0. The van der Waals surface area contributed by atoms with E-state index in [-0.39, 0.29) is 18.4 Å².